The first kappa shape index (κ1) is 15.1. The number of amides is 2. The van der Waals surface area contributed by atoms with Crippen LogP contribution in [0.5, 0.6) is 0 Å². The van der Waals surface area contributed by atoms with Crippen LogP contribution in [-0.4, -0.2) is 61.8 Å². The molecule has 0 aromatic heterocycles. The fraction of sp³-hybridized carbons (Fsp3) is 0.455. The molecule has 0 aliphatic carbocycles. The molecular weight excluding hydrogens is 300 g/mol. The summed E-state index contributed by atoms with van der Waals surface area (Å²) in [6, 6.07) is 0. The summed E-state index contributed by atoms with van der Waals surface area (Å²) in [6.45, 7) is 5.81. The molecule has 0 radical (unpaired) electrons. The third-order valence-corrected chi connectivity index (χ3v) is 4.50. The van der Waals surface area contributed by atoms with E-state index in [2.05, 4.69) is 16.8 Å². The van der Waals surface area contributed by atoms with Crippen LogP contribution in [-0.2, 0) is 9.59 Å². The zero-order valence-corrected chi connectivity index (χ0v) is 12.7. The van der Waals surface area contributed by atoms with Crippen molar-refractivity contribution in [2.45, 2.75) is 12.4 Å². The van der Waals surface area contributed by atoms with Gasteiger partial charge in [-0.15, -0.1) is 10.2 Å². The summed E-state index contributed by atoms with van der Waals surface area (Å²) in [4.78, 5) is 25.9. The second-order valence-corrected chi connectivity index (χ2v) is 6.35. The Hall–Kier alpha value is -1.32. The first-order chi connectivity index (χ1) is 9.40. The quantitative estimate of drug-likeness (QED) is 0.598. The van der Waals surface area contributed by atoms with Crippen LogP contribution in [0.25, 0.3) is 0 Å². The van der Waals surface area contributed by atoms with Gasteiger partial charge in [-0.05, 0) is 18.7 Å². The molecule has 1 atom stereocenters. The van der Waals surface area contributed by atoms with Gasteiger partial charge in [0, 0.05) is 13.6 Å². The van der Waals surface area contributed by atoms with Crippen LogP contribution in [0.3, 0.4) is 0 Å². The van der Waals surface area contributed by atoms with Gasteiger partial charge in [0.2, 0.25) is 5.91 Å². The lowest BCUT2D eigenvalue weighted by atomic mass is 10.3. The maximum absolute atomic E-state index is 11.8. The van der Waals surface area contributed by atoms with Crippen LogP contribution in [0.15, 0.2) is 22.4 Å². The fourth-order valence-electron chi connectivity index (χ4n) is 1.54. The second kappa shape index (κ2) is 5.98. The molecule has 108 valence electrons. The summed E-state index contributed by atoms with van der Waals surface area (Å²) in [5.41, 5.74) is -0.389. The van der Waals surface area contributed by atoms with Crippen molar-refractivity contribution in [3.63, 3.8) is 0 Å². The Labute approximate surface area is 124 Å². The predicted octanol–water partition coefficient (Wildman–Crippen LogP) is 0.289. The van der Waals surface area contributed by atoms with E-state index in [-0.39, 0.29) is 12.5 Å². The zero-order valence-electron chi connectivity index (χ0n) is 11.1. The minimum Gasteiger partial charge on any atom is -0.373 e. The first-order valence-electron chi connectivity index (χ1n) is 5.75. The topological polar surface area (TPSA) is 85.6 Å². The Morgan fingerprint density at radius 1 is 1.45 bits per heavy atom. The number of amidine groups is 2. The van der Waals surface area contributed by atoms with Crippen LogP contribution in [0.4, 0.5) is 0 Å². The molecule has 2 aliphatic heterocycles. The third kappa shape index (κ3) is 3.05. The number of hydrogen-bond donors (Lipinski definition) is 1. The number of nitrogens with zero attached hydrogens (tertiary/aromatic N) is 4. The molecule has 2 saturated heterocycles. The predicted molar refractivity (Wildman–Crippen MR) is 80.2 cm³/mol. The molecule has 2 aliphatic rings. The largest absolute Gasteiger partial charge is 0.373 e. The van der Waals surface area contributed by atoms with Crippen LogP contribution >= 0.6 is 23.5 Å². The fourth-order valence-corrected chi connectivity index (χ4v) is 3.18. The third-order valence-electron chi connectivity index (χ3n) is 2.56. The lowest BCUT2D eigenvalue weighted by molar-refractivity contribution is -0.130. The van der Waals surface area contributed by atoms with Gasteiger partial charge in [0.1, 0.15) is 0 Å². The highest BCUT2D eigenvalue weighted by Gasteiger charge is 2.37. The summed E-state index contributed by atoms with van der Waals surface area (Å²) in [6.07, 6.45) is 0. The standard InChI is InChI=1S/C11H14N4O3S2/c1-6(2)4-15-8(17)9(18)20-11(15)13-12-10-14(3)7(16)5-19-10/h9,18H,1,4-5H2,2-3H3/b12-10-,13-11-. The number of hydrogen-bond acceptors (Lipinski definition) is 7. The van der Waals surface area contributed by atoms with Crippen molar-refractivity contribution in [3.05, 3.63) is 12.2 Å². The minimum absolute atomic E-state index is 0.0390. The summed E-state index contributed by atoms with van der Waals surface area (Å²) in [5, 5.41) is 18.3. The molecule has 0 bridgehead atoms. The van der Waals surface area contributed by atoms with Crippen molar-refractivity contribution < 1.29 is 14.7 Å². The van der Waals surface area contributed by atoms with Crippen LogP contribution in [0, 0.1) is 0 Å². The Morgan fingerprint density at radius 2 is 2.10 bits per heavy atom. The van der Waals surface area contributed by atoms with Gasteiger partial charge in [0.25, 0.3) is 5.91 Å². The van der Waals surface area contributed by atoms with Crippen molar-refractivity contribution in [2.75, 3.05) is 19.3 Å². The van der Waals surface area contributed by atoms with Gasteiger partial charge in [-0.2, -0.15) is 0 Å². The summed E-state index contributed by atoms with van der Waals surface area (Å²) in [5.74, 6) is -0.131. The van der Waals surface area contributed by atoms with E-state index in [4.69, 9.17) is 0 Å². The number of aliphatic hydroxyl groups is 1. The van der Waals surface area contributed by atoms with Crippen molar-refractivity contribution in [2.24, 2.45) is 10.2 Å². The lowest BCUT2D eigenvalue weighted by Crippen LogP contribution is -2.33. The zero-order chi connectivity index (χ0) is 14.9. The normalized spacial score (nSPS) is 27.2. The van der Waals surface area contributed by atoms with E-state index in [9.17, 15) is 14.7 Å². The molecular formula is C11H14N4O3S2. The smallest absolute Gasteiger partial charge is 0.268 e. The monoisotopic (exact) mass is 314 g/mol. The van der Waals surface area contributed by atoms with Gasteiger partial charge in [-0.1, -0.05) is 23.9 Å². The van der Waals surface area contributed by atoms with Crippen LogP contribution < -0.4 is 0 Å². The van der Waals surface area contributed by atoms with Gasteiger partial charge in [0.15, 0.2) is 15.8 Å². The van der Waals surface area contributed by atoms with E-state index >= 15 is 0 Å². The Bertz CT molecular complexity index is 532. The first-order valence-corrected chi connectivity index (χ1v) is 7.62. The molecule has 2 rings (SSSR count). The number of rotatable bonds is 3. The molecule has 0 aromatic rings. The highest BCUT2D eigenvalue weighted by atomic mass is 32.2. The number of carbonyl (C=O) groups excluding carboxylic acids is 2. The van der Waals surface area contributed by atoms with Gasteiger partial charge in [-0.25, -0.2) is 0 Å². The maximum atomic E-state index is 11.8. The molecule has 0 saturated carbocycles. The van der Waals surface area contributed by atoms with E-state index in [1.807, 2.05) is 0 Å². The molecule has 0 aromatic carbocycles. The molecule has 1 N–H and O–H groups in total. The van der Waals surface area contributed by atoms with Crippen LogP contribution in [0.2, 0.25) is 0 Å². The van der Waals surface area contributed by atoms with Crippen molar-refractivity contribution in [1.82, 2.24) is 9.80 Å². The van der Waals surface area contributed by atoms with Gasteiger partial charge < -0.3 is 5.11 Å². The van der Waals surface area contributed by atoms with Crippen molar-refractivity contribution in [1.29, 1.82) is 0 Å². The van der Waals surface area contributed by atoms with Gasteiger partial charge in [-0.3, -0.25) is 19.4 Å². The van der Waals surface area contributed by atoms with Crippen molar-refractivity contribution in [3.8, 4) is 0 Å². The minimum atomic E-state index is -1.16. The van der Waals surface area contributed by atoms with E-state index in [1.54, 1.807) is 14.0 Å². The molecule has 1 unspecified atom stereocenters. The van der Waals surface area contributed by atoms with Gasteiger partial charge >= 0.3 is 0 Å². The van der Waals surface area contributed by atoms with Crippen molar-refractivity contribution >= 4 is 45.7 Å². The van der Waals surface area contributed by atoms with E-state index in [0.717, 1.165) is 17.3 Å². The van der Waals surface area contributed by atoms with E-state index in [0.29, 0.717) is 16.1 Å². The van der Waals surface area contributed by atoms with E-state index in [1.165, 1.54) is 21.6 Å². The SMILES string of the molecule is C=C(C)CN1C(=O)C(O)S/C1=N\N=C1/SCC(=O)N1C. The molecule has 2 fully saturated rings. The number of carbonyl (C=O) groups is 2. The Balaban J connectivity index is 2.19. The number of aliphatic hydroxyl groups excluding tert-OH is 1. The Morgan fingerprint density at radius 3 is 2.65 bits per heavy atom. The Kier molecular flexibility index (Phi) is 4.51. The molecule has 20 heavy (non-hydrogen) atoms. The van der Waals surface area contributed by atoms with Gasteiger partial charge in [0.05, 0.1) is 5.75 Å². The lowest BCUT2D eigenvalue weighted by Gasteiger charge is -2.14. The summed E-state index contributed by atoms with van der Waals surface area (Å²) >= 11 is 2.22. The molecule has 2 amide bonds. The number of thioether (sulfide) groups is 2. The average molecular weight is 314 g/mol. The molecule has 2 heterocycles. The summed E-state index contributed by atoms with van der Waals surface area (Å²) < 4.78 is 0. The second-order valence-electron chi connectivity index (χ2n) is 4.36. The highest BCUT2D eigenvalue weighted by Crippen LogP contribution is 2.26. The maximum Gasteiger partial charge on any atom is 0.268 e. The van der Waals surface area contributed by atoms with E-state index < -0.39 is 11.3 Å². The molecule has 0 spiro atoms. The van der Waals surface area contributed by atoms with Crippen LogP contribution in [0.1, 0.15) is 6.92 Å². The molecule has 9 heteroatoms. The molecule has 7 nitrogen and oxygen atoms in total. The summed E-state index contributed by atoms with van der Waals surface area (Å²) in [7, 11) is 1.62. The average Bonchev–Trinajstić information content (AvgIpc) is 2.83. The highest BCUT2D eigenvalue weighted by molar-refractivity contribution is 8.15.